The van der Waals surface area contributed by atoms with E-state index >= 15 is 0 Å². The molecule has 1 heterocycles. The van der Waals surface area contributed by atoms with Crippen LogP contribution >= 0.6 is 0 Å². The van der Waals surface area contributed by atoms with Crippen LogP contribution in [0.1, 0.15) is 37.5 Å². The third kappa shape index (κ3) is 3.01. The van der Waals surface area contributed by atoms with Crippen LogP contribution in [0.3, 0.4) is 0 Å². The van der Waals surface area contributed by atoms with Crippen molar-refractivity contribution >= 4 is 17.6 Å². The largest absolute Gasteiger partial charge is 0.383 e. The van der Waals surface area contributed by atoms with Gasteiger partial charge in [-0.1, -0.05) is 24.3 Å². The number of pyridine rings is 1. The highest BCUT2D eigenvalue weighted by Gasteiger charge is 2.32. The number of ketones is 2. The molecule has 0 fully saturated rings. The number of carbonyl (C=O) groups is 2. The van der Waals surface area contributed by atoms with Gasteiger partial charge in [0, 0.05) is 42.5 Å². The van der Waals surface area contributed by atoms with Gasteiger partial charge >= 0.3 is 0 Å². The second kappa shape index (κ2) is 6.85. The minimum absolute atomic E-state index is 0.213. The van der Waals surface area contributed by atoms with Crippen molar-refractivity contribution in [1.29, 1.82) is 0 Å². The van der Waals surface area contributed by atoms with Crippen LogP contribution in [0.25, 0.3) is 17.3 Å². The smallest absolute Gasteiger partial charge is 0.196 e. The van der Waals surface area contributed by atoms with Crippen molar-refractivity contribution in [3.8, 4) is 11.3 Å². The maximum atomic E-state index is 13.3. The molecule has 0 amide bonds. The molecule has 5 heteroatoms. The Morgan fingerprint density at radius 1 is 0.893 bits per heavy atom. The fourth-order valence-corrected chi connectivity index (χ4v) is 3.25. The number of fused-ring (bicyclic) bond motifs is 2. The molecule has 0 bridgehead atoms. The van der Waals surface area contributed by atoms with Gasteiger partial charge in [0.05, 0.1) is 17.0 Å². The van der Waals surface area contributed by atoms with Gasteiger partial charge in [-0.3, -0.25) is 9.59 Å². The number of halogens is 1. The number of hydrogen-bond acceptors (Lipinski definition) is 4. The molecule has 4 rings (SSSR count). The summed E-state index contributed by atoms with van der Waals surface area (Å²) in [7, 11) is 3.71. The van der Waals surface area contributed by atoms with Gasteiger partial charge in [-0.05, 0) is 36.4 Å². The molecule has 0 unspecified atom stereocenters. The summed E-state index contributed by atoms with van der Waals surface area (Å²) in [5.74, 6) is -0.785. The minimum atomic E-state index is -0.352. The van der Waals surface area contributed by atoms with Crippen LogP contribution in [0.2, 0.25) is 0 Å². The molecule has 0 saturated carbocycles. The van der Waals surface area contributed by atoms with Crippen LogP contribution in [-0.2, 0) is 0 Å². The molecule has 2 aromatic carbocycles. The second-order valence-corrected chi connectivity index (χ2v) is 6.81. The first-order chi connectivity index (χ1) is 13.5. The molecule has 0 aliphatic heterocycles. The molecule has 0 radical (unpaired) electrons. The SMILES string of the molecule is CN(C)/C=C/c1nc(-c2ccc(F)cc2)cc2c1C(=O)c1ccccc1C2=O. The third-order valence-corrected chi connectivity index (χ3v) is 4.61. The molecule has 0 N–H and O–H groups in total. The quantitative estimate of drug-likeness (QED) is 0.541. The predicted molar refractivity (Wildman–Crippen MR) is 106 cm³/mol. The van der Waals surface area contributed by atoms with Gasteiger partial charge in [0.1, 0.15) is 5.82 Å². The molecular formula is C23H17FN2O2. The van der Waals surface area contributed by atoms with Crippen molar-refractivity contribution in [2.75, 3.05) is 14.1 Å². The maximum absolute atomic E-state index is 13.3. The zero-order valence-corrected chi connectivity index (χ0v) is 15.4. The average Bonchev–Trinajstić information content (AvgIpc) is 2.70. The van der Waals surface area contributed by atoms with Gasteiger partial charge in [0.15, 0.2) is 11.6 Å². The summed E-state index contributed by atoms with van der Waals surface area (Å²) in [6.07, 6.45) is 3.49. The molecule has 138 valence electrons. The van der Waals surface area contributed by atoms with Crippen molar-refractivity contribution in [3.63, 3.8) is 0 Å². The summed E-state index contributed by atoms with van der Waals surface area (Å²) in [5.41, 5.74) is 2.98. The Labute approximate surface area is 162 Å². The lowest BCUT2D eigenvalue weighted by Crippen LogP contribution is -2.23. The normalized spacial score (nSPS) is 12.8. The fraction of sp³-hybridized carbons (Fsp3) is 0.0870. The molecule has 0 spiro atoms. The van der Waals surface area contributed by atoms with Crippen LogP contribution in [0, 0.1) is 5.82 Å². The second-order valence-electron chi connectivity index (χ2n) is 6.81. The van der Waals surface area contributed by atoms with Crippen molar-refractivity contribution in [2.24, 2.45) is 0 Å². The Balaban J connectivity index is 1.97. The summed E-state index contributed by atoms with van der Waals surface area (Å²) in [6.45, 7) is 0. The van der Waals surface area contributed by atoms with Gasteiger partial charge in [0.2, 0.25) is 0 Å². The van der Waals surface area contributed by atoms with E-state index in [1.54, 1.807) is 54.7 Å². The zero-order chi connectivity index (χ0) is 19.8. The Bertz CT molecular complexity index is 1130. The third-order valence-electron chi connectivity index (χ3n) is 4.61. The van der Waals surface area contributed by atoms with Crippen molar-refractivity contribution in [2.45, 2.75) is 0 Å². The average molecular weight is 372 g/mol. The number of carbonyl (C=O) groups excluding carboxylic acids is 2. The Hall–Kier alpha value is -3.60. The molecule has 1 aliphatic carbocycles. The van der Waals surface area contributed by atoms with E-state index in [0.717, 1.165) is 0 Å². The van der Waals surface area contributed by atoms with Crippen LogP contribution < -0.4 is 0 Å². The van der Waals surface area contributed by atoms with E-state index in [1.165, 1.54) is 12.1 Å². The molecule has 28 heavy (non-hydrogen) atoms. The molecule has 1 aromatic heterocycles. The minimum Gasteiger partial charge on any atom is -0.383 e. The zero-order valence-electron chi connectivity index (χ0n) is 15.4. The van der Waals surface area contributed by atoms with Crippen molar-refractivity contribution in [1.82, 2.24) is 9.88 Å². The molecule has 4 nitrogen and oxygen atoms in total. The summed E-state index contributed by atoms with van der Waals surface area (Å²) >= 11 is 0. The fourth-order valence-electron chi connectivity index (χ4n) is 3.25. The summed E-state index contributed by atoms with van der Waals surface area (Å²) < 4.78 is 13.3. The van der Waals surface area contributed by atoms with Gasteiger partial charge in [-0.25, -0.2) is 9.37 Å². The lowest BCUT2D eigenvalue weighted by Gasteiger charge is -2.20. The summed E-state index contributed by atoms with van der Waals surface area (Å²) in [6, 6.07) is 14.3. The van der Waals surface area contributed by atoms with Crippen LogP contribution in [0.5, 0.6) is 0 Å². The molecule has 0 saturated heterocycles. The van der Waals surface area contributed by atoms with Crippen LogP contribution in [0.4, 0.5) is 4.39 Å². The first kappa shape index (κ1) is 17.8. The van der Waals surface area contributed by atoms with Gasteiger partial charge in [-0.2, -0.15) is 0 Å². The van der Waals surface area contributed by atoms with E-state index in [2.05, 4.69) is 4.98 Å². The lowest BCUT2D eigenvalue weighted by molar-refractivity contribution is 0.0978. The van der Waals surface area contributed by atoms with E-state index in [-0.39, 0.29) is 17.4 Å². The van der Waals surface area contributed by atoms with E-state index < -0.39 is 0 Å². The first-order valence-corrected chi connectivity index (χ1v) is 8.80. The van der Waals surface area contributed by atoms with E-state index in [1.807, 2.05) is 19.0 Å². The Kier molecular flexibility index (Phi) is 4.35. The Morgan fingerprint density at radius 2 is 1.54 bits per heavy atom. The highest BCUT2D eigenvalue weighted by atomic mass is 19.1. The van der Waals surface area contributed by atoms with Crippen LogP contribution in [0.15, 0.2) is 60.8 Å². The van der Waals surface area contributed by atoms with Crippen molar-refractivity contribution in [3.05, 3.63) is 94.6 Å². The molecule has 1 aliphatic rings. The monoisotopic (exact) mass is 372 g/mol. The predicted octanol–water partition coefficient (Wildman–Crippen LogP) is 4.20. The molecule has 0 atom stereocenters. The number of benzene rings is 2. The highest BCUT2D eigenvalue weighted by Crippen LogP contribution is 2.32. The van der Waals surface area contributed by atoms with Crippen molar-refractivity contribution < 1.29 is 14.0 Å². The van der Waals surface area contributed by atoms with E-state index in [9.17, 15) is 14.0 Å². The van der Waals surface area contributed by atoms with Crippen LogP contribution in [-0.4, -0.2) is 35.5 Å². The number of aromatic nitrogens is 1. The number of hydrogen-bond donors (Lipinski definition) is 0. The summed E-state index contributed by atoms with van der Waals surface area (Å²) in [5, 5.41) is 0. The number of rotatable bonds is 3. The first-order valence-electron chi connectivity index (χ1n) is 8.80. The number of nitrogens with zero attached hydrogens (tertiary/aromatic N) is 2. The van der Waals surface area contributed by atoms with Gasteiger partial charge < -0.3 is 4.90 Å². The van der Waals surface area contributed by atoms with Gasteiger partial charge in [-0.15, -0.1) is 0 Å². The van der Waals surface area contributed by atoms with Gasteiger partial charge in [0.25, 0.3) is 0 Å². The summed E-state index contributed by atoms with van der Waals surface area (Å²) in [4.78, 5) is 32.7. The molecule has 3 aromatic rings. The standard InChI is InChI=1S/C23H17FN2O2/c1-26(2)12-11-19-21-18(13-20(25-19)14-7-9-15(24)10-8-14)22(27)16-5-3-4-6-17(16)23(21)28/h3-13H,1-2H3/b12-11+. The highest BCUT2D eigenvalue weighted by molar-refractivity contribution is 6.29. The maximum Gasteiger partial charge on any atom is 0.196 e. The Morgan fingerprint density at radius 3 is 2.18 bits per heavy atom. The van der Waals surface area contributed by atoms with E-state index in [0.29, 0.717) is 39.2 Å². The lowest BCUT2D eigenvalue weighted by atomic mass is 9.82. The van der Waals surface area contributed by atoms with E-state index in [4.69, 9.17) is 0 Å². The molecular weight excluding hydrogens is 355 g/mol. The topological polar surface area (TPSA) is 50.3 Å².